The summed E-state index contributed by atoms with van der Waals surface area (Å²) in [5.74, 6) is 0.686. The van der Waals surface area contributed by atoms with Crippen LogP contribution in [0.1, 0.15) is 39.2 Å². The molecule has 0 saturated carbocycles. The average Bonchev–Trinajstić information content (AvgIpc) is 3.47. The smallest absolute Gasteiger partial charge is 0.289 e. The Kier molecular flexibility index (Phi) is 7.52. The van der Waals surface area contributed by atoms with Crippen LogP contribution in [0.5, 0.6) is 5.75 Å². The molecule has 4 aromatic rings. The maximum Gasteiger partial charge on any atom is 0.289 e. The molecular weight excluding hydrogens is 542 g/mol. The fraction of sp³-hybridized carbons (Fsp3) is 0.286. The van der Waals surface area contributed by atoms with Gasteiger partial charge in [-0.15, -0.1) is 0 Å². The monoisotopic (exact) mass is 577 g/mol. The molecule has 3 heterocycles. The van der Waals surface area contributed by atoms with Crippen LogP contribution in [0.15, 0.2) is 71.2 Å². The number of amides is 3. The van der Waals surface area contributed by atoms with Gasteiger partial charge in [-0.25, -0.2) is 0 Å². The van der Waals surface area contributed by atoms with Crippen molar-refractivity contribution in [3.8, 4) is 16.9 Å². The Hall–Kier alpha value is -4.85. The standard InChI is InChI=1S/C35H35N3O5/c1-22-11-12-31(42-4)28(14-22)29-16-26(15-27-18-32(43-33(27)29)35(41)36(2)3)25-10-7-13-37(19-25)34(40)30-17-23-8-5-6-9-24(23)20-38(30)21-39/h5-6,8-12,14-16,18,21,30H,7,13,17,19-20H2,1-4H3/t30-/m1/s1. The van der Waals surface area contributed by atoms with Gasteiger partial charge < -0.3 is 23.9 Å². The maximum absolute atomic E-state index is 13.9. The van der Waals surface area contributed by atoms with Crippen molar-refractivity contribution >= 4 is 34.8 Å². The highest BCUT2D eigenvalue weighted by atomic mass is 16.5. The van der Waals surface area contributed by atoms with Gasteiger partial charge in [0.1, 0.15) is 17.4 Å². The van der Waals surface area contributed by atoms with E-state index in [1.807, 2.05) is 60.4 Å². The summed E-state index contributed by atoms with van der Waals surface area (Å²) >= 11 is 0. The van der Waals surface area contributed by atoms with E-state index in [4.69, 9.17) is 9.15 Å². The Morgan fingerprint density at radius 1 is 1.00 bits per heavy atom. The molecule has 220 valence electrons. The summed E-state index contributed by atoms with van der Waals surface area (Å²) in [6, 6.07) is 19.3. The lowest BCUT2D eigenvalue weighted by molar-refractivity contribution is -0.141. The summed E-state index contributed by atoms with van der Waals surface area (Å²) in [5.41, 5.74) is 7.47. The SMILES string of the molecule is COc1ccc(C)cc1-c1cc(C2=CCCN(C(=O)[C@H]3Cc4ccccc4CN3C=O)C2)cc2cc(C(=O)N(C)C)oc12. The summed E-state index contributed by atoms with van der Waals surface area (Å²) in [5, 5.41) is 0.793. The molecule has 8 nitrogen and oxygen atoms in total. The lowest BCUT2D eigenvalue weighted by Crippen LogP contribution is -2.52. The minimum Gasteiger partial charge on any atom is -0.496 e. The van der Waals surface area contributed by atoms with E-state index in [0.717, 1.165) is 50.8 Å². The van der Waals surface area contributed by atoms with Crippen LogP contribution in [-0.2, 0) is 22.6 Å². The molecule has 0 bridgehead atoms. The zero-order valence-electron chi connectivity index (χ0n) is 24.9. The van der Waals surface area contributed by atoms with Crippen molar-refractivity contribution in [2.24, 2.45) is 0 Å². The van der Waals surface area contributed by atoms with Crippen molar-refractivity contribution < 1.29 is 23.5 Å². The first-order valence-electron chi connectivity index (χ1n) is 14.5. The average molecular weight is 578 g/mol. The number of hydrogen-bond acceptors (Lipinski definition) is 5. The highest BCUT2D eigenvalue weighted by molar-refractivity contribution is 6.02. The molecule has 1 aromatic heterocycles. The van der Waals surface area contributed by atoms with Crippen LogP contribution >= 0.6 is 0 Å². The molecule has 0 radical (unpaired) electrons. The third kappa shape index (κ3) is 5.29. The van der Waals surface area contributed by atoms with Crippen molar-refractivity contribution in [2.45, 2.75) is 32.4 Å². The summed E-state index contributed by atoms with van der Waals surface area (Å²) in [6.07, 6.45) is 4.16. The number of hydrogen-bond donors (Lipinski definition) is 0. The van der Waals surface area contributed by atoms with Crippen LogP contribution < -0.4 is 4.74 Å². The van der Waals surface area contributed by atoms with Crippen molar-refractivity contribution in [2.75, 3.05) is 34.3 Å². The zero-order valence-corrected chi connectivity index (χ0v) is 24.9. The van der Waals surface area contributed by atoms with Crippen LogP contribution in [0.3, 0.4) is 0 Å². The predicted octanol–water partition coefficient (Wildman–Crippen LogP) is 5.32. The van der Waals surface area contributed by atoms with Crippen LogP contribution in [0.4, 0.5) is 0 Å². The number of methoxy groups -OCH3 is 1. The van der Waals surface area contributed by atoms with Crippen LogP contribution in [0, 0.1) is 6.92 Å². The number of ether oxygens (including phenoxy) is 1. The van der Waals surface area contributed by atoms with Crippen LogP contribution in [-0.4, -0.2) is 73.3 Å². The first kappa shape index (κ1) is 28.3. The predicted molar refractivity (Wildman–Crippen MR) is 166 cm³/mol. The number of furan rings is 1. The molecule has 0 N–H and O–H groups in total. The molecule has 2 aliphatic heterocycles. The van der Waals surface area contributed by atoms with Gasteiger partial charge in [0.05, 0.1) is 7.11 Å². The van der Waals surface area contributed by atoms with Gasteiger partial charge >= 0.3 is 0 Å². The molecular formula is C35H35N3O5. The Labute approximate surface area is 251 Å². The van der Waals surface area contributed by atoms with Gasteiger partial charge in [0, 0.05) is 56.7 Å². The topological polar surface area (TPSA) is 83.3 Å². The van der Waals surface area contributed by atoms with Gasteiger partial charge in [-0.2, -0.15) is 0 Å². The fourth-order valence-corrected chi connectivity index (χ4v) is 6.13. The number of rotatable bonds is 6. The molecule has 6 rings (SSSR count). The lowest BCUT2D eigenvalue weighted by atomic mass is 9.92. The third-order valence-electron chi connectivity index (χ3n) is 8.42. The van der Waals surface area contributed by atoms with E-state index >= 15 is 0 Å². The normalized spacial score (nSPS) is 16.5. The molecule has 0 spiro atoms. The molecule has 3 aromatic carbocycles. The largest absolute Gasteiger partial charge is 0.496 e. The quantitative estimate of drug-likeness (QED) is 0.290. The first-order valence-corrected chi connectivity index (χ1v) is 14.5. The van der Waals surface area contributed by atoms with E-state index in [1.165, 1.54) is 4.90 Å². The van der Waals surface area contributed by atoms with Crippen molar-refractivity contribution in [3.05, 3.63) is 94.8 Å². The minimum absolute atomic E-state index is 0.0453. The molecule has 3 amide bonds. The molecule has 2 aliphatic rings. The second-order valence-corrected chi connectivity index (χ2v) is 11.5. The number of carbonyl (C=O) groups is 3. The summed E-state index contributed by atoms with van der Waals surface area (Å²) in [7, 11) is 5.03. The Bertz CT molecular complexity index is 1770. The summed E-state index contributed by atoms with van der Waals surface area (Å²) in [6.45, 7) is 3.45. The van der Waals surface area contributed by atoms with Gasteiger partial charge in [0.2, 0.25) is 12.3 Å². The van der Waals surface area contributed by atoms with E-state index < -0.39 is 6.04 Å². The fourth-order valence-electron chi connectivity index (χ4n) is 6.13. The maximum atomic E-state index is 13.9. The highest BCUT2D eigenvalue weighted by Crippen LogP contribution is 2.40. The number of benzene rings is 3. The summed E-state index contributed by atoms with van der Waals surface area (Å²) in [4.78, 5) is 43.7. The van der Waals surface area contributed by atoms with Crippen LogP contribution in [0.25, 0.3) is 27.7 Å². The Morgan fingerprint density at radius 2 is 1.79 bits per heavy atom. The number of aryl methyl sites for hydroxylation is 1. The molecule has 1 atom stereocenters. The van der Waals surface area contributed by atoms with Gasteiger partial charge in [0.15, 0.2) is 5.76 Å². The molecule has 0 unspecified atom stereocenters. The third-order valence-corrected chi connectivity index (χ3v) is 8.42. The van der Waals surface area contributed by atoms with Gasteiger partial charge in [0.25, 0.3) is 5.91 Å². The molecule has 0 aliphatic carbocycles. The van der Waals surface area contributed by atoms with Crippen LogP contribution in [0.2, 0.25) is 0 Å². The number of nitrogens with zero attached hydrogens (tertiary/aromatic N) is 3. The summed E-state index contributed by atoms with van der Waals surface area (Å²) < 4.78 is 11.9. The van der Waals surface area contributed by atoms with E-state index in [9.17, 15) is 14.4 Å². The van der Waals surface area contributed by atoms with Gasteiger partial charge in [-0.1, -0.05) is 42.0 Å². The minimum atomic E-state index is -0.533. The zero-order chi connectivity index (χ0) is 30.2. The molecule has 43 heavy (non-hydrogen) atoms. The second-order valence-electron chi connectivity index (χ2n) is 11.5. The number of fused-ring (bicyclic) bond motifs is 2. The number of carbonyl (C=O) groups excluding carboxylic acids is 3. The van der Waals surface area contributed by atoms with Crippen molar-refractivity contribution in [1.82, 2.24) is 14.7 Å². The second kappa shape index (κ2) is 11.4. The van der Waals surface area contributed by atoms with Gasteiger partial charge in [-0.05, 0) is 65.9 Å². The Morgan fingerprint density at radius 3 is 2.53 bits per heavy atom. The lowest BCUT2D eigenvalue weighted by Gasteiger charge is -2.38. The van der Waals surface area contributed by atoms with Gasteiger partial charge in [-0.3, -0.25) is 14.4 Å². The van der Waals surface area contributed by atoms with E-state index in [2.05, 4.69) is 12.1 Å². The van der Waals surface area contributed by atoms with Crippen molar-refractivity contribution in [3.63, 3.8) is 0 Å². The van der Waals surface area contributed by atoms with E-state index in [-0.39, 0.29) is 17.6 Å². The van der Waals surface area contributed by atoms with E-state index in [1.54, 1.807) is 32.2 Å². The van der Waals surface area contributed by atoms with Crippen molar-refractivity contribution in [1.29, 1.82) is 0 Å². The molecule has 0 saturated heterocycles. The highest BCUT2D eigenvalue weighted by Gasteiger charge is 2.34. The van der Waals surface area contributed by atoms with E-state index in [0.29, 0.717) is 43.8 Å². The molecule has 8 heteroatoms. The Balaban J connectivity index is 1.38. The first-order chi connectivity index (χ1) is 20.8. The molecule has 0 fully saturated rings.